The van der Waals surface area contributed by atoms with Crippen LogP contribution in [-0.2, 0) is 9.53 Å². The topological polar surface area (TPSA) is 75.9 Å². The zero-order chi connectivity index (χ0) is 17.0. The molecule has 0 radical (unpaired) electrons. The van der Waals surface area contributed by atoms with Gasteiger partial charge >= 0.3 is 0 Å². The first kappa shape index (κ1) is 18.0. The Morgan fingerprint density at radius 1 is 1.22 bits per heavy atom. The molecule has 1 saturated heterocycles. The van der Waals surface area contributed by atoms with Crippen molar-refractivity contribution in [3.05, 3.63) is 33.8 Å². The fraction of sp³-hybridized carbons (Fsp3) is 0.467. The number of rotatable bonds is 4. The Bertz CT molecular complexity index is 589. The second-order valence-corrected chi connectivity index (χ2v) is 6.07. The summed E-state index contributed by atoms with van der Waals surface area (Å²) in [7, 11) is 1.50. The van der Waals surface area contributed by atoms with Gasteiger partial charge in [0.15, 0.2) is 0 Å². The Labute approximate surface area is 145 Å². The zero-order valence-electron chi connectivity index (χ0n) is 12.8. The summed E-state index contributed by atoms with van der Waals surface area (Å²) in [6.07, 6.45) is 0. The summed E-state index contributed by atoms with van der Waals surface area (Å²) in [5, 5.41) is 0.594. The van der Waals surface area contributed by atoms with Gasteiger partial charge in [-0.2, -0.15) is 0 Å². The van der Waals surface area contributed by atoms with Gasteiger partial charge in [0.05, 0.1) is 22.2 Å². The number of benzene rings is 1. The van der Waals surface area contributed by atoms with Gasteiger partial charge in [0.25, 0.3) is 5.91 Å². The van der Waals surface area contributed by atoms with Crippen LogP contribution in [0.15, 0.2) is 18.2 Å². The van der Waals surface area contributed by atoms with Crippen molar-refractivity contribution >= 4 is 35.0 Å². The van der Waals surface area contributed by atoms with Crippen LogP contribution in [0.4, 0.5) is 0 Å². The molecule has 0 saturated carbocycles. The first-order valence-corrected chi connectivity index (χ1v) is 7.98. The van der Waals surface area contributed by atoms with E-state index in [2.05, 4.69) is 0 Å². The fourth-order valence-corrected chi connectivity index (χ4v) is 2.84. The van der Waals surface area contributed by atoms with Crippen molar-refractivity contribution in [2.75, 3.05) is 39.9 Å². The minimum Gasteiger partial charge on any atom is -0.383 e. The van der Waals surface area contributed by atoms with Gasteiger partial charge in [0.2, 0.25) is 5.91 Å². The van der Waals surface area contributed by atoms with Crippen LogP contribution in [0, 0.1) is 0 Å². The van der Waals surface area contributed by atoms with Crippen LogP contribution in [-0.4, -0.2) is 67.6 Å². The van der Waals surface area contributed by atoms with Crippen molar-refractivity contribution < 1.29 is 14.3 Å². The summed E-state index contributed by atoms with van der Waals surface area (Å²) in [6, 6.07) is 4.28. The van der Waals surface area contributed by atoms with E-state index in [1.165, 1.54) is 7.11 Å². The Morgan fingerprint density at radius 3 is 2.43 bits per heavy atom. The summed E-state index contributed by atoms with van der Waals surface area (Å²) < 4.78 is 4.89. The van der Waals surface area contributed by atoms with Crippen LogP contribution in [0.5, 0.6) is 0 Å². The second kappa shape index (κ2) is 7.97. The monoisotopic (exact) mass is 359 g/mol. The maximum atomic E-state index is 12.5. The number of carbonyl (C=O) groups excluding carboxylic acids is 2. The number of halogens is 2. The molecular weight excluding hydrogens is 341 g/mol. The van der Waals surface area contributed by atoms with Gasteiger partial charge in [-0.15, -0.1) is 0 Å². The standard InChI is InChI=1S/C15H19Cl2N3O3/c1-23-9-12(18)15(22)20-7-5-19(6-8-20)14(21)10-3-2-4-11(16)13(10)17/h2-4,12H,5-9,18H2,1H3. The molecule has 1 heterocycles. The smallest absolute Gasteiger partial charge is 0.255 e. The van der Waals surface area contributed by atoms with E-state index in [-0.39, 0.29) is 23.4 Å². The molecule has 126 valence electrons. The Hall–Kier alpha value is -1.34. The number of nitrogens with two attached hydrogens (primary N) is 1. The molecule has 8 heteroatoms. The lowest BCUT2D eigenvalue weighted by atomic mass is 10.1. The van der Waals surface area contributed by atoms with E-state index in [0.29, 0.717) is 36.8 Å². The van der Waals surface area contributed by atoms with Crippen LogP contribution in [0.2, 0.25) is 10.0 Å². The van der Waals surface area contributed by atoms with E-state index in [9.17, 15) is 9.59 Å². The molecule has 1 aliphatic rings. The molecule has 1 atom stereocenters. The number of nitrogens with zero attached hydrogens (tertiary/aromatic N) is 2. The van der Waals surface area contributed by atoms with E-state index in [0.717, 1.165) is 0 Å². The maximum absolute atomic E-state index is 12.5. The summed E-state index contributed by atoms with van der Waals surface area (Å²) in [6.45, 7) is 1.89. The molecule has 0 aliphatic carbocycles. The predicted octanol–water partition coefficient (Wildman–Crippen LogP) is 1.25. The predicted molar refractivity (Wildman–Crippen MR) is 88.8 cm³/mol. The highest BCUT2D eigenvalue weighted by Gasteiger charge is 2.28. The number of carbonyl (C=O) groups is 2. The molecule has 2 N–H and O–H groups in total. The lowest BCUT2D eigenvalue weighted by molar-refractivity contribution is -0.135. The number of amides is 2. The van der Waals surface area contributed by atoms with Crippen LogP contribution in [0.1, 0.15) is 10.4 Å². The van der Waals surface area contributed by atoms with E-state index >= 15 is 0 Å². The molecule has 1 fully saturated rings. The molecule has 0 aromatic heterocycles. The van der Waals surface area contributed by atoms with E-state index in [4.69, 9.17) is 33.7 Å². The van der Waals surface area contributed by atoms with E-state index < -0.39 is 6.04 Å². The first-order chi connectivity index (χ1) is 11.0. The summed E-state index contributed by atoms with van der Waals surface area (Å²) in [5.74, 6) is -0.356. The van der Waals surface area contributed by atoms with Crippen LogP contribution < -0.4 is 5.73 Å². The number of ether oxygens (including phenoxy) is 1. The fourth-order valence-electron chi connectivity index (χ4n) is 2.45. The number of hydrogen-bond donors (Lipinski definition) is 1. The third kappa shape index (κ3) is 4.14. The van der Waals surface area contributed by atoms with Gasteiger partial charge in [-0.3, -0.25) is 9.59 Å². The van der Waals surface area contributed by atoms with E-state index in [1.807, 2.05) is 0 Å². The highest BCUT2D eigenvalue weighted by Crippen LogP contribution is 2.26. The van der Waals surface area contributed by atoms with Crippen LogP contribution >= 0.6 is 23.2 Å². The van der Waals surface area contributed by atoms with Gasteiger partial charge in [-0.05, 0) is 12.1 Å². The van der Waals surface area contributed by atoms with Crippen molar-refractivity contribution in [3.63, 3.8) is 0 Å². The minimum atomic E-state index is -0.676. The highest BCUT2D eigenvalue weighted by atomic mass is 35.5. The maximum Gasteiger partial charge on any atom is 0.255 e. The molecule has 2 rings (SSSR count). The summed E-state index contributed by atoms with van der Waals surface area (Å²) in [4.78, 5) is 27.9. The molecular formula is C15H19Cl2N3O3. The number of methoxy groups -OCH3 is 1. The Balaban J connectivity index is 1.97. The van der Waals surface area contributed by atoms with Crippen molar-refractivity contribution in [2.24, 2.45) is 5.73 Å². The molecule has 1 aliphatic heterocycles. The quantitative estimate of drug-likeness (QED) is 0.877. The average molecular weight is 360 g/mol. The SMILES string of the molecule is COCC(N)C(=O)N1CCN(C(=O)c2cccc(Cl)c2Cl)CC1. The number of piperazine rings is 1. The molecule has 1 aromatic rings. The minimum absolute atomic E-state index is 0.167. The lowest BCUT2D eigenvalue weighted by Crippen LogP contribution is -2.55. The Morgan fingerprint density at radius 2 is 1.83 bits per heavy atom. The van der Waals surface area contributed by atoms with Crippen LogP contribution in [0.25, 0.3) is 0 Å². The molecule has 1 aromatic carbocycles. The van der Waals surface area contributed by atoms with Gasteiger partial charge in [-0.1, -0.05) is 29.3 Å². The second-order valence-electron chi connectivity index (χ2n) is 5.28. The van der Waals surface area contributed by atoms with Crippen molar-refractivity contribution in [3.8, 4) is 0 Å². The van der Waals surface area contributed by atoms with Gasteiger partial charge < -0.3 is 20.3 Å². The third-order valence-corrected chi connectivity index (χ3v) is 4.54. The largest absolute Gasteiger partial charge is 0.383 e. The van der Waals surface area contributed by atoms with Crippen molar-refractivity contribution in [2.45, 2.75) is 6.04 Å². The molecule has 6 nitrogen and oxygen atoms in total. The van der Waals surface area contributed by atoms with E-state index in [1.54, 1.807) is 28.0 Å². The Kier molecular flexibility index (Phi) is 6.24. The average Bonchev–Trinajstić information content (AvgIpc) is 2.56. The first-order valence-electron chi connectivity index (χ1n) is 7.22. The molecule has 0 spiro atoms. The summed E-state index contributed by atoms with van der Waals surface area (Å²) >= 11 is 12.0. The normalized spacial score (nSPS) is 16.3. The van der Waals surface area contributed by atoms with Gasteiger partial charge in [-0.25, -0.2) is 0 Å². The highest BCUT2D eigenvalue weighted by molar-refractivity contribution is 6.43. The van der Waals surface area contributed by atoms with Crippen molar-refractivity contribution in [1.82, 2.24) is 9.80 Å². The van der Waals surface area contributed by atoms with Crippen molar-refractivity contribution in [1.29, 1.82) is 0 Å². The molecule has 23 heavy (non-hydrogen) atoms. The van der Waals surface area contributed by atoms with Gasteiger partial charge in [0, 0.05) is 33.3 Å². The third-order valence-electron chi connectivity index (χ3n) is 3.72. The number of hydrogen-bond acceptors (Lipinski definition) is 4. The van der Waals surface area contributed by atoms with Crippen LogP contribution in [0.3, 0.4) is 0 Å². The molecule has 1 unspecified atom stereocenters. The molecule has 2 amide bonds. The summed E-state index contributed by atoms with van der Waals surface area (Å²) in [5.41, 5.74) is 6.12. The van der Waals surface area contributed by atoms with Gasteiger partial charge in [0.1, 0.15) is 6.04 Å². The lowest BCUT2D eigenvalue weighted by Gasteiger charge is -2.36. The molecule has 0 bridgehead atoms. The zero-order valence-corrected chi connectivity index (χ0v) is 14.3.